The first kappa shape index (κ1) is 53.1. The Bertz CT molecular complexity index is 1520. The van der Waals surface area contributed by atoms with Crippen LogP contribution in [0.4, 0.5) is 0 Å². The first-order chi connectivity index (χ1) is 29.1. The molecule has 0 radical (unpaired) electrons. The minimum absolute atomic E-state index is 0.0572. The average molecular weight is 884 g/mol. The number of hydrogen-bond donors (Lipinski definition) is 2. The second-order valence-electron chi connectivity index (χ2n) is 17.8. The van der Waals surface area contributed by atoms with Gasteiger partial charge in [-0.1, -0.05) is 45.9 Å². The van der Waals surface area contributed by atoms with E-state index in [1.165, 1.54) is 14.0 Å². The van der Waals surface area contributed by atoms with Crippen molar-refractivity contribution in [3.8, 4) is 0 Å². The quantitative estimate of drug-likeness (QED) is 0.144. The summed E-state index contributed by atoms with van der Waals surface area (Å²) in [6.07, 6.45) is -3.95. The molecule has 0 amide bonds. The number of aliphatic hydroxyl groups excluding tert-OH is 1. The number of hydrogen-bond acceptors (Lipinski definition) is 17. The number of ether oxygens (including phenoxy) is 9. The van der Waals surface area contributed by atoms with Crippen LogP contribution in [-0.4, -0.2) is 152 Å². The van der Waals surface area contributed by atoms with Gasteiger partial charge < -0.3 is 62.5 Å². The fourth-order valence-corrected chi connectivity index (χ4v) is 8.46. The maximum Gasteiger partial charge on any atom is 0.309 e. The zero-order valence-electron chi connectivity index (χ0n) is 38.6. The number of allylic oxidation sites excluding steroid dienone is 2. The van der Waals surface area contributed by atoms with Gasteiger partial charge in [0.25, 0.3) is 0 Å². The summed E-state index contributed by atoms with van der Waals surface area (Å²) in [6.45, 7) is 15.2. The molecular formula is C45H73NO16. The number of cyclic esters (lactones) is 1. The molecule has 16 atom stereocenters. The molecule has 2 N–H and O–H groups in total. The summed E-state index contributed by atoms with van der Waals surface area (Å²) in [6, 6.07) is -0.804. The number of aliphatic hydroxyl groups is 2. The number of rotatable bonds is 14. The van der Waals surface area contributed by atoms with Gasteiger partial charge in [0.15, 0.2) is 18.7 Å². The molecule has 3 rings (SSSR count). The van der Waals surface area contributed by atoms with Crippen molar-refractivity contribution < 1.29 is 76.8 Å². The van der Waals surface area contributed by atoms with Crippen LogP contribution in [0, 0.1) is 17.8 Å². The molecule has 3 heterocycles. The summed E-state index contributed by atoms with van der Waals surface area (Å²) in [5.74, 6) is -3.31. The summed E-state index contributed by atoms with van der Waals surface area (Å²) < 4.78 is 54.7. The zero-order chi connectivity index (χ0) is 46.5. The smallest absolute Gasteiger partial charge is 0.309 e. The SMILES string of the molecule is CCC(=O)O[C@H]1/C=C/C=C/C[C@@H](C)OC(=O)C[C@@H](OC(C)=O)[C@H](OC)[C@@H](O[C@@H]2O[C@H](C)[C@@H](O[C@H]3C[C@@](C)(O)[C@@H](OC(=O)CC(C)C)[C@H](C)O3)[C@H](N(C)C)[C@H]2O)[C@@H](CC=O)C[C@H]1C. The molecule has 62 heavy (non-hydrogen) atoms. The van der Waals surface area contributed by atoms with E-state index < -0.39 is 127 Å². The number of carbonyl (C=O) groups is 5. The molecule has 2 saturated heterocycles. The summed E-state index contributed by atoms with van der Waals surface area (Å²) >= 11 is 0. The Hall–Kier alpha value is -3.29. The maximum absolute atomic E-state index is 13.4. The second kappa shape index (κ2) is 24.7. The lowest BCUT2D eigenvalue weighted by Gasteiger charge is -2.50. The molecule has 0 aromatic rings. The molecule has 0 saturated carbocycles. The molecule has 0 aromatic heterocycles. The van der Waals surface area contributed by atoms with Crippen molar-refractivity contribution in [1.82, 2.24) is 4.90 Å². The first-order valence-electron chi connectivity index (χ1n) is 21.9. The monoisotopic (exact) mass is 883 g/mol. The fraction of sp³-hybridized carbons (Fsp3) is 0.800. The van der Waals surface area contributed by atoms with E-state index >= 15 is 0 Å². The highest BCUT2D eigenvalue weighted by Gasteiger charge is 2.53. The summed E-state index contributed by atoms with van der Waals surface area (Å²) in [4.78, 5) is 65.3. The third kappa shape index (κ3) is 15.5. The van der Waals surface area contributed by atoms with Crippen LogP contribution >= 0.6 is 0 Å². The standard InChI is InChI=1S/C45H73NO16/c1-13-34(49)59-32-18-16-14-15-17-27(5)55-36(51)23-33(58-30(8)48)42(54-12)41(31(19-20-47)22-26(32)4)62-44-39(52)38(46(10)11)40(28(6)57-44)61-37-24-45(9,53)43(29(7)56-37)60-35(50)21-25(2)3/h14-16,18,20,25-29,31-33,37-44,52-53H,13,17,19,21-24H2,1-12H3/b15-14+,18-16+/t26-,27-,28-,29+,31+,32+,33-,37+,38-,39-,40-,41+,42+,43+,44+,45-/m1/s1. The van der Waals surface area contributed by atoms with Gasteiger partial charge in [0.1, 0.15) is 48.5 Å². The van der Waals surface area contributed by atoms with Crippen LogP contribution in [0.1, 0.15) is 107 Å². The van der Waals surface area contributed by atoms with Crippen molar-refractivity contribution in [3.63, 3.8) is 0 Å². The van der Waals surface area contributed by atoms with E-state index in [1.807, 2.05) is 26.8 Å². The molecule has 0 spiro atoms. The second-order valence-corrected chi connectivity index (χ2v) is 17.8. The van der Waals surface area contributed by atoms with Crippen molar-refractivity contribution >= 4 is 30.2 Å². The van der Waals surface area contributed by atoms with Gasteiger partial charge in [-0.05, 0) is 72.0 Å². The number of aldehydes is 1. The predicted octanol–water partition coefficient (Wildman–Crippen LogP) is 3.97. The van der Waals surface area contributed by atoms with E-state index in [9.17, 15) is 34.2 Å². The number of nitrogens with zero attached hydrogens (tertiary/aromatic N) is 1. The molecule has 354 valence electrons. The van der Waals surface area contributed by atoms with Gasteiger partial charge in [0, 0.05) is 46.1 Å². The van der Waals surface area contributed by atoms with Gasteiger partial charge in [-0.25, -0.2) is 0 Å². The van der Waals surface area contributed by atoms with E-state index in [0.717, 1.165) is 0 Å². The lowest BCUT2D eigenvalue weighted by molar-refractivity contribution is -0.344. The maximum atomic E-state index is 13.4. The molecule has 17 nitrogen and oxygen atoms in total. The van der Waals surface area contributed by atoms with Gasteiger partial charge in [0.2, 0.25) is 0 Å². The van der Waals surface area contributed by atoms with Crippen molar-refractivity contribution in [1.29, 1.82) is 0 Å². The highest BCUT2D eigenvalue weighted by atomic mass is 16.7. The Morgan fingerprint density at radius 1 is 0.984 bits per heavy atom. The fourth-order valence-electron chi connectivity index (χ4n) is 8.46. The third-order valence-electron chi connectivity index (χ3n) is 11.4. The van der Waals surface area contributed by atoms with Crippen LogP contribution in [-0.2, 0) is 66.6 Å². The molecule has 0 aliphatic carbocycles. The minimum Gasteiger partial charge on any atom is -0.462 e. The summed E-state index contributed by atoms with van der Waals surface area (Å²) in [5, 5.41) is 23.7. The first-order valence-corrected chi connectivity index (χ1v) is 21.9. The Labute approximate surface area is 367 Å². The Morgan fingerprint density at radius 3 is 2.26 bits per heavy atom. The van der Waals surface area contributed by atoms with Crippen LogP contribution in [0.2, 0.25) is 0 Å². The van der Waals surface area contributed by atoms with Gasteiger partial charge in [0.05, 0.1) is 30.8 Å². The van der Waals surface area contributed by atoms with Crippen molar-refractivity contribution in [2.45, 2.75) is 193 Å². The molecule has 2 fully saturated rings. The number of likely N-dealkylation sites (N-methyl/N-ethyl adjacent to an activating group) is 1. The number of carbonyl (C=O) groups excluding carboxylic acids is 5. The van der Waals surface area contributed by atoms with Crippen LogP contribution in [0.15, 0.2) is 24.3 Å². The van der Waals surface area contributed by atoms with Crippen LogP contribution < -0.4 is 0 Å². The lowest BCUT2D eigenvalue weighted by atomic mass is 9.82. The molecule has 3 aliphatic heterocycles. The van der Waals surface area contributed by atoms with E-state index in [1.54, 1.807) is 71.8 Å². The molecule has 3 aliphatic rings. The van der Waals surface area contributed by atoms with E-state index in [2.05, 4.69) is 0 Å². The predicted molar refractivity (Wildman–Crippen MR) is 224 cm³/mol. The Morgan fingerprint density at radius 2 is 1.68 bits per heavy atom. The van der Waals surface area contributed by atoms with Crippen LogP contribution in [0.5, 0.6) is 0 Å². The van der Waals surface area contributed by atoms with Gasteiger partial charge in [-0.2, -0.15) is 0 Å². The van der Waals surface area contributed by atoms with Crippen molar-refractivity contribution in [3.05, 3.63) is 24.3 Å². The van der Waals surface area contributed by atoms with Gasteiger partial charge in [-0.15, -0.1) is 0 Å². The Balaban J connectivity index is 2.03. The number of methoxy groups -OCH3 is 1. The molecule has 0 bridgehead atoms. The van der Waals surface area contributed by atoms with E-state index in [0.29, 0.717) is 12.7 Å². The molecule has 0 unspecified atom stereocenters. The zero-order valence-corrected chi connectivity index (χ0v) is 38.6. The van der Waals surface area contributed by atoms with E-state index in [4.69, 9.17) is 42.6 Å². The summed E-state index contributed by atoms with van der Waals surface area (Å²) in [7, 11) is 4.85. The Kier molecular flexibility index (Phi) is 21.1. The number of esters is 4. The summed E-state index contributed by atoms with van der Waals surface area (Å²) in [5.41, 5.74) is -1.51. The van der Waals surface area contributed by atoms with Crippen LogP contribution in [0.3, 0.4) is 0 Å². The minimum atomic E-state index is -1.51. The van der Waals surface area contributed by atoms with Crippen molar-refractivity contribution in [2.24, 2.45) is 17.8 Å². The largest absolute Gasteiger partial charge is 0.462 e. The van der Waals surface area contributed by atoms with Gasteiger partial charge in [-0.3, -0.25) is 19.2 Å². The van der Waals surface area contributed by atoms with Crippen molar-refractivity contribution in [2.75, 3.05) is 21.2 Å². The third-order valence-corrected chi connectivity index (χ3v) is 11.4. The molecule has 0 aromatic carbocycles. The normalized spacial score (nSPS) is 38.7. The van der Waals surface area contributed by atoms with Gasteiger partial charge >= 0.3 is 23.9 Å². The lowest BCUT2D eigenvalue weighted by Crippen LogP contribution is -2.66. The molecule has 17 heteroatoms. The average Bonchev–Trinajstić information content (AvgIpc) is 3.15. The highest BCUT2D eigenvalue weighted by Crippen LogP contribution is 2.38. The highest BCUT2D eigenvalue weighted by molar-refractivity contribution is 5.72. The van der Waals surface area contributed by atoms with Crippen LogP contribution in [0.25, 0.3) is 0 Å². The van der Waals surface area contributed by atoms with E-state index in [-0.39, 0.29) is 38.0 Å². The topological polar surface area (TPSA) is 212 Å². The molecular weight excluding hydrogens is 810 g/mol.